The van der Waals surface area contributed by atoms with Crippen molar-refractivity contribution in [3.05, 3.63) is 23.8 Å². The summed E-state index contributed by atoms with van der Waals surface area (Å²) in [6.07, 6.45) is 0.559. The highest BCUT2D eigenvalue weighted by molar-refractivity contribution is 5.95. The zero-order chi connectivity index (χ0) is 13.4. The average Bonchev–Trinajstić information content (AvgIpc) is 2.79. The number of ether oxygens (including phenoxy) is 1. The van der Waals surface area contributed by atoms with Crippen molar-refractivity contribution in [3.63, 3.8) is 0 Å². The zero-order valence-corrected chi connectivity index (χ0v) is 10.4. The van der Waals surface area contributed by atoms with E-state index in [1.165, 1.54) is 0 Å². The van der Waals surface area contributed by atoms with Crippen LogP contribution in [0.2, 0.25) is 0 Å². The number of rotatable bonds is 2. The van der Waals surface area contributed by atoms with Gasteiger partial charge in [-0.25, -0.2) is 4.79 Å². The Kier molecular flexibility index (Phi) is 2.87. The van der Waals surface area contributed by atoms with Crippen LogP contribution in [0, 0.1) is 0 Å². The Hall–Kier alpha value is -2.08. The first-order valence-corrected chi connectivity index (χ1v) is 6.28. The number of carbonyl (C=O) groups is 2. The highest BCUT2D eigenvalue weighted by Crippen LogP contribution is 2.29. The van der Waals surface area contributed by atoms with Gasteiger partial charge in [0.05, 0.1) is 6.54 Å². The number of nitrogens with one attached hydrogen (secondary N) is 1. The molecule has 100 valence electrons. The van der Waals surface area contributed by atoms with E-state index in [1.807, 2.05) is 18.2 Å². The monoisotopic (exact) mass is 261 g/mol. The number of hydrogen-bond acceptors (Lipinski definition) is 4. The SMILES string of the molecule is NCC1CN(c2ccc3c(c2)CCC(=O)N3)C(=O)O1. The van der Waals surface area contributed by atoms with E-state index in [1.54, 1.807) is 4.90 Å². The van der Waals surface area contributed by atoms with Gasteiger partial charge in [0.25, 0.3) is 0 Å². The maximum atomic E-state index is 11.7. The molecule has 1 fully saturated rings. The maximum absolute atomic E-state index is 11.7. The summed E-state index contributed by atoms with van der Waals surface area (Å²) >= 11 is 0. The third kappa shape index (κ3) is 2.15. The molecule has 0 aromatic heterocycles. The lowest BCUT2D eigenvalue weighted by molar-refractivity contribution is -0.116. The van der Waals surface area contributed by atoms with Gasteiger partial charge in [0.2, 0.25) is 5.91 Å². The van der Waals surface area contributed by atoms with E-state index in [-0.39, 0.29) is 18.1 Å². The van der Waals surface area contributed by atoms with Crippen LogP contribution in [0.4, 0.5) is 16.2 Å². The topological polar surface area (TPSA) is 84.7 Å². The van der Waals surface area contributed by atoms with E-state index in [0.29, 0.717) is 25.9 Å². The number of nitrogens with two attached hydrogens (primary N) is 1. The minimum atomic E-state index is -0.366. The fourth-order valence-corrected chi connectivity index (χ4v) is 2.39. The smallest absolute Gasteiger partial charge is 0.414 e. The fraction of sp³-hybridized carbons (Fsp3) is 0.385. The summed E-state index contributed by atoms with van der Waals surface area (Å²) in [4.78, 5) is 24.6. The number of amides is 2. The summed E-state index contributed by atoms with van der Waals surface area (Å²) in [5.74, 6) is 0.0315. The van der Waals surface area contributed by atoms with Crippen LogP contribution in [-0.4, -0.2) is 31.2 Å². The second-order valence-electron chi connectivity index (χ2n) is 4.74. The van der Waals surface area contributed by atoms with Crippen LogP contribution in [0.1, 0.15) is 12.0 Å². The lowest BCUT2D eigenvalue weighted by Gasteiger charge is -2.20. The number of fused-ring (bicyclic) bond motifs is 1. The first kappa shape index (κ1) is 12.0. The maximum Gasteiger partial charge on any atom is 0.414 e. The first-order valence-electron chi connectivity index (χ1n) is 6.28. The molecule has 1 aromatic carbocycles. The van der Waals surface area contributed by atoms with Gasteiger partial charge in [-0.05, 0) is 30.2 Å². The Bertz CT molecular complexity index is 544. The molecule has 0 saturated carbocycles. The fourth-order valence-electron chi connectivity index (χ4n) is 2.39. The van der Waals surface area contributed by atoms with E-state index in [9.17, 15) is 9.59 Å². The zero-order valence-electron chi connectivity index (χ0n) is 10.4. The second-order valence-corrected chi connectivity index (χ2v) is 4.74. The summed E-state index contributed by atoms with van der Waals surface area (Å²) < 4.78 is 5.13. The molecule has 2 heterocycles. The number of aryl methyl sites for hydroxylation is 1. The molecule has 19 heavy (non-hydrogen) atoms. The van der Waals surface area contributed by atoms with Crippen molar-refractivity contribution < 1.29 is 14.3 Å². The molecule has 3 rings (SSSR count). The normalized spacial score (nSPS) is 21.9. The number of carbonyl (C=O) groups excluding carboxylic acids is 2. The van der Waals surface area contributed by atoms with Gasteiger partial charge in [-0.15, -0.1) is 0 Å². The van der Waals surface area contributed by atoms with Gasteiger partial charge >= 0.3 is 6.09 Å². The van der Waals surface area contributed by atoms with Crippen molar-refractivity contribution in [3.8, 4) is 0 Å². The van der Waals surface area contributed by atoms with Crippen LogP contribution in [0.3, 0.4) is 0 Å². The van der Waals surface area contributed by atoms with Gasteiger partial charge < -0.3 is 15.8 Å². The molecule has 0 bridgehead atoms. The molecule has 1 unspecified atom stereocenters. The van der Waals surface area contributed by atoms with Gasteiger partial charge in [-0.1, -0.05) is 0 Å². The third-order valence-electron chi connectivity index (χ3n) is 3.43. The van der Waals surface area contributed by atoms with E-state index in [2.05, 4.69) is 5.32 Å². The number of cyclic esters (lactones) is 1. The van der Waals surface area contributed by atoms with Crippen molar-refractivity contribution in [2.24, 2.45) is 5.73 Å². The van der Waals surface area contributed by atoms with Crippen molar-refractivity contribution >= 4 is 23.4 Å². The number of hydrogen-bond donors (Lipinski definition) is 2. The minimum Gasteiger partial charge on any atom is -0.443 e. The summed E-state index contributed by atoms with van der Waals surface area (Å²) in [5, 5.41) is 2.82. The molecular formula is C13H15N3O3. The average molecular weight is 261 g/mol. The van der Waals surface area contributed by atoms with Crippen LogP contribution in [0.25, 0.3) is 0 Å². The molecule has 0 radical (unpaired) electrons. The number of benzene rings is 1. The van der Waals surface area contributed by atoms with Crippen LogP contribution < -0.4 is 16.0 Å². The van der Waals surface area contributed by atoms with E-state index < -0.39 is 0 Å². The molecule has 6 heteroatoms. The Morgan fingerprint density at radius 3 is 2.95 bits per heavy atom. The van der Waals surface area contributed by atoms with E-state index in [4.69, 9.17) is 10.5 Å². The largest absolute Gasteiger partial charge is 0.443 e. The summed E-state index contributed by atoms with van der Waals surface area (Å²) in [6, 6.07) is 5.56. The third-order valence-corrected chi connectivity index (χ3v) is 3.43. The summed E-state index contributed by atoms with van der Waals surface area (Å²) in [6.45, 7) is 0.795. The van der Waals surface area contributed by atoms with Gasteiger partial charge in [0.1, 0.15) is 6.10 Å². The number of nitrogens with zero attached hydrogens (tertiary/aromatic N) is 1. The molecule has 0 aliphatic carbocycles. The quantitative estimate of drug-likeness (QED) is 0.826. The van der Waals surface area contributed by atoms with Crippen molar-refractivity contribution in [1.82, 2.24) is 0 Å². The van der Waals surface area contributed by atoms with Gasteiger partial charge in [0.15, 0.2) is 0 Å². The van der Waals surface area contributed by atoms with Crippen molar-refractivity contribution in [2.75, 3.05) is 23.3 Å². The molecule has 1 aromatic rings. The molecule has 0 spiro atoms. The van der Waals surface area contributed by atoms with Gasteiger partial charge in [-0.2, -0.15) is 0 Å². The van der Waals surface area contributed by atoms with Crippen LogP contribution in [-0.2, 0) is 16.0 Å². The molecular weight excluding hydrogens is 246 g/mol. The van der Waals surface area contributed by atoms with E-state index >= 15 is 0 Å². The van der Waals surface area contributed by atoms with Crippen LogP contribution in [0.15, 0.2) is 18.2 Å². The molecule has 3 N–H and O–H groups in total. The first-order chi connectivity index (χ1) is 9.17. The van der Waals surface area contributed by atoms with Crippen LogP contribution >= 0.6 is 0 Å². The molecule has 2 amide bonds. The molecule has 6 nitrogen and oxygen atoms in total. The van der Waals surface area contributed by atoms with Crippen molar-refractivity contribution in [1.29, 1.82) is 0 Å². The Labute approximate surface area is 110 Å². The molecule has 1 atom stereocenters. The molecule has 2 aliphatic rings. The van der Waals surface area contributed by atoms with Crippen molar-refractivity contribution in [2.45, 2.75) is 18.9 Å². The Morgan fingerprint density at radius 1 is 1.37 bits per heavy atom. The predicted octanol–water partition coefficient (Wildman–Crippen LogP) is 0.855. The minimum absolute atomic E-state index is 0.0315. The summed E-state index contributed by atoms with van der Waals surface area (Å²) in [7, 11) is 0. The predicted molar refractivity (Wildman–Crippen MR) is 70.1 cm³/mol. The lowest BCUT2D eigenvalue weighted by atomic mass is 10.0. The highest BCUT2D eigenvalue weighted by atomic mass is 16.6. The van der Waals surface area contributed by atoms with Gasteiger partial charge in [0, 0.05) is 24.3 Å². The standard InChI is InChI=1S/C13H15N3O3/c14-6-10-7-16(13(18)19-10)9-2-3-11-8(5-9)1-4-12(17)15-11/h2-3,5,10H,1,4,6-7,14H2,(H,15,17). The second kappa shape index (κ2) is 4.55. The Balaban J connectivity index is 1.86. The molecule has 2 aliphatic heterocycles. The highest BCUT2D eigenvalue weighted by Gasteiger charge is 2.31. The van der Waals surface area contributed by atoms with Gasteiger partial charge in [-0.3, -0.25) is 9.69 Å². The molecule has 1 saturated heterocycles. The Morgan fingerprint density at radius 2 is 2.21 bits per heavy atom. The van der Waals surface area contributed by atoms with Crippen LogP contribution in [0.5, 0.6) is 0 Å². The summed E-state index contributed by atoms with van der Waals surface area (Å²) in [5.41, 5.74) is 8.16. The number of anilines is 2. The lowest BCUT2D eigenvalue weighted by Crippen LogP contribution is -2.27. The van der Waals surface area contributed by atoms with E-state index in [0.717, 1.165) is 16.9 Å².